The van der Waals surface area contributed by atoms with Gasteiger partial charge in [-0.25, -0.2) is 0 Å². The zero-order chi connectivity index (χ0) is 17.2. The molecule has 0 aromatic rings. The summed E-state index contributed by atoms with van der Waals surface area (Å²) in [6, 6.07) is -0.702. The molecule has 0 aliphatic rings. The number of rotatable bonds is 18. The monoisotopic (exact) mass is 345 g/mol. The first-order chi connectivity index (χ1) is 11.2. The van der Waals surface area contributed by atoms with Gasteiger partial charge in [0.05, 0.1) is 0 Å². The summed E-state index contributed by atoms with van der Waals surface area (Å²) in [4.78, 5) is 10.6. The fraction of sp³-hybridized carbons (Fsp3) is 0.947. The smallest absolute Gasteiger partial charge is 0.321 e. The highest BCUT2D eigenvalue weighted by molar-refractivity contribution is 7.99. The summed E-state index contributed by atoms with van der Waals surface area (Å²) in [6.45, 7) is 2.27. The van der Waals surface area contributed by atoms with Crippen molar-refractivity contribution >= 4 is 17.7 Å². The molecule has 0 amide bonds. The van der Waals surface area contributed by atoms with E-state index in [0.29, 0.717) is 5.75 Å². The summed E-state index contributed by atoms with van der Waals surface area (Å²) >= 11 is 1.67. The van der Waals surface area contributed by atoms with E-state index in [1.165, 1.54) is 89.9 Å². The average Bonchev–Trinajstić information content (AvgIpc) is 2.54. The normalized spacial score (nSPS) is 12.4. The topological polar surface area (TPSA) is 63.3 Å². The van der Waals surface area contributed by atoms with Crippen molar-refractivity contribution in [3.63, 3.8) is 0 Å². The Balaban J connectivity index is 3.04. The molecule has 23 heavy (non-hydrogen) atoms. The minimum absolute atomic E-state index is 0.535. The molecule has 0 radical (unpaired) electrons. The molecule has 3 N–H and O–H groups in total. The molecule has 0 spiro atoms. The maximum absolute atomic E-state index is 10.6. The minimum atomic E-state index is -0.890. The van der Waals surface area contributed by atoms with Crippen molar-refractivity contribution in [1.82, 2.24) is 0 Å². The van der Waals surface area contributed by atoms with Crippen molar-refractivity contribution in [3.8, 4) is 0 Å². The van der Waals surface area contributed by atoms with Gasteiger partial charge in [-0.3, -0.25) is 4.79 Å². The summed E-state index contributed by atoms with van der Waals surface area (Å²) in [5.41, 5.74) is 5.46. The van der Waals surface area contributed by atoms with E-state index in [0.717, 1.165) is 5.75 Å². The van der Waals surface area contributed by atoms with E-state index in [1.807, 2.05) is 0 Å². The van der Waals surface area contributed by atoms with Gasteiger partial charge in [0.1, 0.15) is 6.04 Å². The Morgan fingerprint density at radius 2 is 1.22 bits per heavy atom. The zero-order valence-electron chi connectivity index (χ0n) is 15.2. The molecule has 0 rings (SSSR count). The third kappa shape index (κ3) is 18.0. The lowest BCUT2D eigenvalue weighted by Crippen LogP contribution is -2.32. The van der Waals surface area contributed by atoms with Crippen LogP contribution in [-0.2, 0) is 4.79 Å². The van der Waals surface area contributed by atoms with Gasteiger partial charge in [0.15, 0.2) is 0 Å². The molecule has 0 bridgehead atoms. The van der Waals surface area contributed by atoms with E-state index in [4.69, 9.17) is 10.8 Å². The predicted octanol–water partition coefficient (Wildman–Crippen LogP) is 5.61. The lowest BCUT2D eigenvalue weighted by Gasteiger charge is -2.06. The summed E-state index contributed by atoms with van der Waals surface area (Å²) in [5, 5.41) is 8.67. The highest BCUT2D eigenvalue weighted by atomic mass is 32.2. The third-order valence-electron chi connectivity index (χ3n) is 4.26. The van der Waals surface area contributed by atoms with E-state index in [1.54, 1.807) is 11.8 Å². The first-order valence-electron chi connectivity index (χ1n) is 9.74. The average molecular weight is 346 g/mol. The van der Waals surface area contributed by atoms with Gasteiger partial charge >= 0.3 is 5.97 Å². The number of nitrogens with two attached hydrogens (primary N) is 1. The molecular formula is C19H39NO2S. The quantitative estimate of drug-likeness (QED) is 0.317. The van der Waals surface area contributed by atoms with E-state index >= 15 is 0 Å². The van der Waals surface area contributed by atoms with Gasteiger partial charge in [0, 0.05) is 5.75 Å². The van der Waals surface area contributed by atoms with Crippen LogP contribution >= 0.6 is 11.8 Å². The van der Waals surface area contributed by atoms with Crippen molar-refractivity contribution < 1.29 is 9.90 Å². The number of carboxylic acids is 1. The van der Waals surface area contributed by atoms with E-state index < -0.39 is 12.0 Å². The molecule has 0 aromatic heterocycles. The van der Waals surface area contributed by atoms with E-state index in [-0.39, 0.29) is 0 Å². The molecule has 1 unspecified atom stereocenters. The van der Waals surface area contributed by atoms with Crippen LogP contribution in [-0.4, -0.2) is 28.6 Å². The standard InChI is InChI=1S/C19H39NO2S/c1-2-3-4-5-6-7-8-9-10-11-12-13-14-15-16-23-17-18(20)19(21)22/h18H,2-17,20H2,1H3,(H,21,22). The molecule has 0 saturated heterocycles. The van der Waals surface area contributed by atoms with Gasteiger partial charge < -0.3 is 10.8 Å². The van der Waals surface area contributed by atoms with Crippen molar-refractivity contribution in [1.29, 1.82) is 0 Å². The van der Waals surface area contributed by atoms with Crippen LogP contribution in [0.2, 0.25) is 0 Å². The lowest BCUT2D eigenvalue weighted by atomic mass is 10.0. The Morgan fingerprint density at radius 3 is 1.61 bits per heavy atom. The summed E-state index contributed by atoms with van der Waals surface area (Å²) in [6.07, 6.45) is 19.2. The molecule has 4 heteroatoms. The fourth-order valence-electron chi connectivity index (χ4n) is 2.68. The maximum atomic E-state index is 10.6. The van der Waals surface area contributed by atoms with Crippen LogP contribution in [0, 0.1) is 0 Å². The van der Waals surface area contributed by atoms with Gasteiger partial charge in [-0.1, -0.05) is 90.4 Å². The Hall–Kier alpha value is -0.220. The molecule has 0 aliphatic carbocycles. The van der Waals surface area contributed by atoms with Crippen LogP contribution in [0.3, 0.4) is 0 Å². The number of thioether (sulfide) groups is 1. The zero-order valence-corrected chi connectivity index (χ0v) is 16.0. The number of unbranched alkanes of at least 4 members (excludes halogenated alkanes) is 13. The molecule has 0 saturated carbocycles. The lowest BCUT2D eigenvalue weighted by molar-refractivity contribution is -0.137. The van der Waals surface area contributed by atoms with Crippen LogP contribution in [0.4, 0.5) is 0 Å². The predicted molar refractivity (Wildman–Crippen MR) is 103 cm³/mol. The van der Waals surface area contributed by atoms with Crippen LogP contribution in [0.5, 0.6) is 0 Å². The van der Waals surface area contributed by atoms with Crippen LogP contribution in [0.1, 0.15) is 96.8 Å². The van der Waals surface area contributed by atoms with Gasteiger partial charge in [0.2, 0.25) is 0 Å². The van der Waals surface area contributed by atoms with Crippen molar-refractivity contribution in [2.45, 2.75) is 103 Å². The second kappa shape index (κ2) is 18.1. The maximum Gasteiger partial charge on any atom is 0.321 e. The second-order valence-electron chi connectivity index (χ2n) is 6.62. The summed E-state index contributed by atoms with van der Waals surface area (Å²) < 4.78 is 0. The van der Waals surface area contributed by atoms with Crippen LogP contribution in [0.25, 0.3) is 0 Å². The molecule has 1 atom stereocenters. The number of carbonyl (C=O) groups is 1. The highest BCUT2D eigenvalue weighted by Crippen LogP contribution is 2.14. The molecule has 0 fully saturated rings. The highest BCUT2D eigenvalue weighted by Gasteiger charge is 2.10. The molecule has 0 aliphatic heterocycles. The molecule has 0 heterocycles. The Bertz CT molecular complexity index is 262. The molecule has 3 nitrogen and oxygen atoms in total. The Labute approximate surface area is 148 Å². The fourth-order valence-corrected chi connectivity index (χ4v) is 3.65. The van der Waals surface area contributed by atoms with Crippen molar-refractivity contribution in [3.05, 3.63) is 0 Å². The molecular weight excluding hydrogens is 306 g/mol. The SMILES string of the molecule is CCCCCCCCCCCCCCCCSCC(N)C(=O)O. The molecule has 138 valence electrons. The number of hydrogen-bond donors (Lipinski definition) is 2. The van der Waals surface area contributed by atoms with Gasteiger partial charge in [-0.05, 0) is 12.2 Å². The van der Waals surface area contributed by atoms with Gasteiger partial charge in [0.25, 0.3) is 0 Å². The van der Waals surface area contributed by atoms with Gasteiger partial charge in [-0.2, -0.15) is 11.8 Å². The number of hydrogen-bond acceptors (Lipinski definition) is 3. The largest absolute Gasteiger partial charge is 0.480 e. The first kappa shape index (κ1) is 22.8. The number of aliphatic carboxylic acids is 1. The van der Waals surface area contributed by atoms with E-state index in [9.17, 15) is 4.79 Å². The molecule has 0 aromatic carbocycles. The Kier molecular flexibility index (Phi) is 18.0. The van der Waals surface area contributed by atoms with E-state index in [2.05, 4.69) is 6.92 Å². The summed E-state index contributed by atoms with van der Waals surface area (Å²) in [5.74, 6) is 0.686. The van der Waals surface area contributed by atoms with Crippen LogP contribution < -0.4 is 5.73 Å². The van der Waals surface area contributed by atoms with Gasteiger partial charge in [-0.15, -0.1) is 0 Å². The summed E-state index contributed by atoms with van der Waals surface area (Å²) in [7, 11) is 0. The number of carboxylic acid groups (broad SMARTS) is 1. The van der Waals surface area contributed by atoms with Crippen molar-refractivity contribution in [2.75, 3.05) is 11.5 Å². The first-order valence-corrected chi connectivity index (χ1v) is 10.9. The minimum Gasteiger partial charge on any atom is -0.480 e. The van der Waals surface area contributed by atoms with Crippen LogP contribution in [0.15, 0.2) is 0 Å². The second-order valence-corrected chi connectivity index (χ2v) is 7.77. The Morgan fingerprint density at radius 1 is 0.826 bits per heavy atom. The third-order valence-corrected chi connectivity index (χ3v) is 5.43. The van der Waals surface area contributed by atoms with Crippen molar-refractivity contribution in [2.24, 2.45) is 5.73 Å².